The minimum absolute atomic E-state index is 0.183. The van der Waals surface area contributed by atoms with Gasteiger partial charge in [0.15, 0.2) is 5.78 Å². The van der Waals surface area contributed by atoms with Crippen molar-refractivity contribution in [1.29, 1.82) is 0 Å². The summed E-state index contributed by atoms with van der Waals surface area (Å²) < 4.78 is 0. The second-order valence-corrected chi connectivity index (χ2v) is 3.42. The van der Waals surface area contributed by atoms with E-state index in [-0.39, 0.29) is 11.3 Å². The van der Waals surface area contributed by atoms with Gasteiger partial charge in [-0.3, -0.25) is 4.79 Å². The Morgan fingerprint density at radius 1 is 1.45 bits per heavy atom. The quantitative estimate of drug-likeness (QED) is 0.619. The summed E-state index contributed by atoms with van der Waals surface area (Å²) in [5.74, 6) is 0.236. The van der Waals surface area contributed by atoms with E-state index in [9.17, 15) is 4.79 Å². The number of likely N-dealkylation sites (N-methyl/N-ethyl adjacent to an activating group) is 1. The summed E-state index contributed by atoms with van der Waals surface area (Å²) in [6, 6.07) is 0. The normalized spacial score (nSPS) is 19.2. The van der Waals surface area contributed by atoms with E-state index < -0.39 is 0 Å². The lowest BCUT2D eigenvalue weighted by Gasteiger charge is -2.08. The molecule has 0 unspecified atom stereocenters. The summed E-state index contributed by atoms with van der Waals surface area (Å²) >= 11 is 0. The van der Waals surface area contributed by atoms with Crippen LogP contribution in [0.15, 0.2) is 11.6 Å². The van der Waals surface area contributed by atoms with E-state index in [0.29, 0.717) is 0 Å². The average Bonchev–Trinajstić information content (AvgIpc) is 2.65. The molecule has 0 aromatic carbocycles. The lowest BCUT2D eigenvalue weighted by atomic mass is 10.1. The Morgan fingerprint density at radius 2 is 2.00 bits per heavy atom. The molecule has 0 spiro atoms. The van der Waals surface area contributed by atoms with Crippen molar-refractivity contribution in [2.24, 2.45) is 0 Å². The zero-order valence-electron chi connectivity index (χ0n) is 7.40. The number of hydrogen-bond acceptors (Lipinski definition) is 2. The third-order valence-electron chi connectivity index (χ3n) is 2.12. The zero-order valence-corrected chi connectivity index (χ0v) is 7.40. The molecule has 1 aliphatic carbocycles. The molecule has 1 fully saturated rings. The molecule has 1 saturated carbocycles. The Hall–Kier alpha value is -0.630. The molecule has 0 aromatic heterocycles. The molecule has 2 nitrogen and oxygen atoms in total. The highest BCUT2D eigenvalue weighted by Gasteiger charge is 2.46. The van der Waals surface area contributed by atoms with Crippen LogP contribution in [0.3, 0.4) is 0 Å². The molecule has 0 aromatic rings. The maximum absolute atomic E-state index is 11.4. The fourth-order valence-electron chi connectivity index (χ4n) is 1.14. The first-order valence-corrected chi connectivity index (χ1v) is 3.99. The van der Waals surface area contributed by atoms with E-state index in [0.717, 1.165) is 18.4 Å². The highest BCUT2D eigenvalue weighted by Crippen LogP contribution is 2.36. The fourth-order valence-corrected chi connectivity index (χ4v) is 1.14. The van der Waals surface area contributed by atoms with Crippen molar-refractivity contribution >= 4 is 5.78 Å². The van der Waals surface area contributed by atoms with Gasteiger partial charge in [-0.2, -0.15) is 0 Å². The molecule has 1 N–H and O–H groups in total. The Kier molecular flexibility index (Phi) is 2.14. The van der Waals surface area contributed by atoms with Gasteiger partial charge < -0.3 is 5.32 Å². The first kappa shape index (κ1) is 8.47. The van der Waals surface area contributed by atoms with Crippen molar-refractivity contribution < 1.29 is 4.79 Å². The molecule has 62 valence electrons. The Balaban J connectivity index is 2.62. The predicted octanol–water partition coefficient (Wildman–Crippen LogP) is 1.27. The van der Waals surface area contributed by atoms with Gasteiger partial charge >= 0.3 is 0 Å². The lowest BCUT2D eigenvalue weighted by Crippen LogP contribution is -2.35. The van der Waals surface area contributed by atoms with Gasteiger partial charge in [-0.25, -0.2) is 0 Å². The number of carbonyl (C=O) groups excluding carboxylic acids is 1. The Labute approximate surface area is 67.7 Å². The molecule has 11 heavy (non-hydrogen) atoms. The van der Waals surface area contributed by atoms with Crippen molar-refractivity contribution in [3.8, 4) is 0 Å². The summed E-state index contributed by atoms with van der Waals surface area (Å²) in [5.41, 5.74) is 0.897. The minimum Gasteiger partial charge on any atom is -0.308 e. The van der Waals surface area contributed by atoms with Crippen LogP contribution in [-0.4, -0.2) is 18.4 Å². The molecular weight excluding hydrogens is 138 g/mol. The van der Waals surface area contributed by atoms with Crippen LogP contribution >= 0.6 is 0 Å². The van der Waals surface area contributed by atoms with Crippen molar-refractivity contribution in [2.45, 2.75) is 32.2 Å². The van der Waals surface area contributed by atoms with Crippen LogP contribution in [0.2, 0.25) is 0 Å². The van der Waals surface area contributed by atoms with E-state index in [1.807, 2.05) is 20.9 Å². The van der Waals surface area contributed by atoms with Gasteiger partial charge in [0.25, 0.3) is 0 Å². The van der Waals surface area contributed by atoms with Crippen LogP contribution in [0.5, 0.6) is 0 Å². The predicted molar refractivity (Wildman–Crippen MR) is 45.5 cm³/mol. The third kappa shape index (κ3) is 1.69. The molecule has 0 heterocycles. The Morgan fingerprint density at radius 3 is 2.27 bits per heavy atom. The van der Waals surface area contributed by atoms with E-state index >= 15 is 0 Å². The van der Waals surface area contributed by atoms with Gasteiger partial charge in [0.2, 0.25) is 0 Å². The van der Waals surface area contributed by atoms with Gasteiger partial charge in [-0.1, -0.05) is 5.57 Å². The van der Waals surface area contributed by atoms with Crippen molar-refractivity contribution in [3.63, 3.8) is 0 Å². The van der Waals surface area contributed by atoms with Gasteiger partial charge in [0, 0.05) is 0 Å². The molecule has 1 rings (SSSR count). The first-order valence-electron chi connectivity index (χ1n) is 3.99. The third-order valence-corrected chi connectivity index (χ3v) is 2.12. The molecule has 0 aliphatic heterocycles. The largest absolute Gasteiger partial charge is 0.308 e. The van der Waals surface area contributed by atoms with Crippen LogP contribution in [0, 0.1) is 0 Å². The van der Waals surface area contributed by atoms with Crippen LogP contribution in [0.4, 0.5) is 0 Å². The van der Waals surface area contributed by atoms with E-state index in [1.54, 1.807) is 6.08 Å². The van der Waals surface area contributed by atoms with Crippen LogP contribution in [-0.2, 0) is 4.79 Å². The molecule has 0 bridgehead atoms. The van der Waals surface area contributed by atoms with Crippen molar-refractivity contribution in [1.82, 2.24) is 5.32 Å². The van der Waals surface area contributed by atoms with Gasteiger partial charge in [0.05, 0.1) is 5.54 Å². The number of rotatable bonds is 3. The topological polar surface area (TPSA) is 29.1 Å². The summed E-state index contributed by atoms with van der Waals surface area (Å²) in [5, 5.41) is 3.06. The number of nitrogens with one attached hydrogen (secondary N) is 1. The number of ketones is 1. The smallest absolute Gasteiger partial charge is 0.175 e. The summed E-state index contributed by atoms with van der Waals surface area (Å²) in [6.45, 7) is 3.90. The SMILES string of the molecule is CNC1(C(=O)C=C(C)C)CC1. The highest BCUT2D eigenvalue weighted by atomic mass is 16.1. The van der Waals surface area contributed by atoms with Gasteiger partial charge in [-0.15, -0.1) is 0 Å². The van der Waals surface area contributed by atoms with Gasteiger partial charge in [-0.05, 0) is 39.8 Å². The molecule has 2 heteroatoms. The average molecular weight is 153 g/mol. The standard InChI is InChI=1S/C9H15NO/c1-7(2)6-8(11)9(10-3)4-5-9/h6,10H,4-5H2,1-3H3. The zero-order chi connectivity index (χ0) is 8.48. The highest BCUT2D eigenvalue weighted by molar-refractivity contribution is 6.00. The van der Waals surface area contributed by atoms with Gasteiger partial charge in [0.1, 0.15) is 0 Å². The minimum atomic E-state index is -0.183. The van der Waals surface area contributed by atoms with Crippen molar-refractivity contribution in [3.05, 3.63) is 11.6 Å². The molecule has 0 saturated heterocycles. The number of allylic oxidation sites excluding steroid dienone is 1. The molecular formula is C9H15NO. The molecule has 0 radical (unpaired) electrons. The second kappa shape index (κ2) is 2.78. The second-order valence-electron chi connectivity index (χ2n) is 3.42. The maximum Gasteiger partial charge on any atom is 0.175 e. The number of hydrogen-bond donors (Lipinski definition) is 1. The first-order chi connectivity index (χ1) is 5.10. The molecule has 0 amide bonds. The molecule has 1 aliphatic rings. The summed E-state index contributed by atoms with van der Waals surface area (Å²) in [4.78, 5) is 11.4. The fraction of sp³-hybridized carbons (Fsp3) is 0.667. The van der Waals surface area contributed by atoms with Crippen molar-refractivity contribution in [2.75, 3.05) is 7.05 Å². The summed E-state index contributed by atoms with van der Waals surface area (Å²) in [6.07, 6.45) is 3.71. The number of carbonyl (C=O) groups is 1. The van der Waals surface area contributed by atoms with Crippen LogP contribution < -0.4 is 5.32 Å². The lowest BCUT2D eigenvalue weighted by molar-refractivity contribution is -0.117. The van der Waals surface area contributed by atoms with E-state index in [4.69, 9.17) is 0 Å². The molecule has 0 atom stereocenters. The maximum atomic E-state index is 11.4. The summed E-state index contributed by atoms with van der Waals surface area (Å²) in [7, 11) is 1.85. The van der Waals surface area contributed by atoms with Crippen LogP contribution in [0.1, 0.15) is 26.7 Å². The van der Waals surface area contributed by atoms with E-state index in [2.05, 4.69) is 5.32 Å². The van der Waals surface area contributed by atoms with Crippen LogP contribution in [0.25, 0.3) is 0 Å². The van der Waals surface area contributed by atoms with E-state index in [1.165, 1.54) is 0 Å². The monoisotopic (exact) mass is 153 g/mol. The Bertz CT molecular complexity index is 198.